The van der Waals surface area contributed by atoms with E-state index in [1.807, 2.05) is 20.8 Å². The summed E-state index contributed by atoms with van der Waals surface area (Å²) in [5, 5.41) is 6.79. The molecule has 19 heavy (non-hydrogen) atoms. The number of nitrogens with zero attached hydrogens (tertiary/aromatic N) is 3. The van der Waals surface area contributed by atoms with E-state index in [1.54, 1.807) is 12.3 Å². The van der Waals surface area contributed by atoms with Gasteiger partial charge in [-0.25, -0.2) is 18.4 Å². The maximum absolute atomic E-state index is 11.5. The Balaban J connectivity index is 2.58. The molecule has 0 atom stereocenters. The Morgan fingerprint density at radius 1 is 1.26 bits per heavy atom. The molecule has 102 valence electrons. The molecule has 0 aliphatic heterocycles. The monoisotopic (exact) mass is 280 g/mol. The van der Waals surface area contributed by atoms with Gasteiger partial charge in [0, 0.05) is 29.1 Å². The maximum Gasteiger partial charge on any atom is 0.247 e. The summed E-state index contributed by atoms with van der Waals surface area (Å²) in [6, 6.07) is 1.68. The lowest BCUT2D eigenvalue weighted by Crippen LogP contribution is -2.13. The van der Waals surface area contributed by atoms with E-state index in [0.29, 0.717) is 5.69 Å². The predicted molar refractivity (Wildman–Crippen MR) is 71.4 cm³/mol. The van der Waals surface area contributed by atoms with Gasteiger partial charge in [0.1, 0.15) is 0 Å². The first-order valence-corrected chi connectivity index (χ1v) is 7.66. The van der Waals surface area contributed by atoms with Crippen LogP contribution in [0.4, 0.5) is 0 Å². The molecule has 0 radical (unpaired) electrons. The van der Waals surface area contributed by atoms with Gasteiger partial charge in [0.25, 0.3) is 0 Å². The van der Waals surface area contributed by atoms with Crippen LogP contribution in [0.25, 0.3) is 11.3 Å². The van der Waals surface area contributed by atoms with E-state index in [4.69, 9.17) is 0 Å². The van der Waals surface area contributed by atoms with Crippen LogP contribution in [0.1, 0.15) is 26.5 Å². The van der Waals surface area contributed by atoms with E-state index in [1.165, 1.54) is 6.20 Å². The summed E-state index contributed by atoms with van der Waals surface area (Å²) in [5.41, 5.74) is 2.11. The molecule has 2 aromatic rings. The van der Waals surface area contributed by atoms with Gasteiger partial charge >= 0.3 is 0 Å². The quantitative estimate of drug-likeness (QED) is 0.843. The lowest BCUT2D eigenvalue weighted by atomic mass is 9.89. The Morgan fingerprint density at radius 2 is 1.95 bits per heavy atom. The van der Waals surface area contributed by atoms with Crippen LogP contribution < -0.4 is 0 Å². The minimum atomic E-state index is -3.42. The zero-order valence-electron chi connectivity index (χ0n) is 11.3. The first-order valence-electron chi connectivity index (χ1n) is 5.77. The van der Waals surface area contributed by atoms with Crippen molar-refractivity contribution in [1.82, 2.24) is 20.2 Å². The summed E-state index contributed by atoms with van der Waals surface area (Å²) in [5.74, 6) is 0. The van der Waals surface area contributed by atoms with E-state index in [2.05, 4.69) is 20.2 Å². The number of aromatic nitrogens is 4. The summed E-state index contributed by atoms with van der Waals surface area (Å²) >= 11 is 0. The first-order chi connectivity index (χ1) is 8.69. The van der Waals surface area contributed by atoms with E-state index < -0.39 is 9.84 Å². The summed E-state index contributed by atoms with van der Waals surface area (Å²) in [6.45, 7) is 6.13. The van der Waals surface area contributed by atoms with Crippen molar-refractivity contribution in [2.24, 2.45) is 0 Å². The van der Waals surface area contributed by atoms with Gasteiger partial charge in [-0.3, -0.25) is 5.10 Å². The fourth-order valence-electron chi connectivity index (χ4n) is 1.72. The molecule has 0 fully saturated rings. The van der Waals surface area contributed by atoms with E-state index >= 15 is 0 Å². The Bertz CT molecular complexity index is 699. The molecular formula is C12H16N4O2S. The van der Waals surface area contributed by atoms with Gasteiger partial charge in [0.05, 0.1) is 11.9 Å². The molecule has 1 N–H and O–H groups in total. The van der Waals surface area contributed by atoms with Gasteiger partial charge in [-0.05, 0) is 6.07 Å². The van der Waals surface area contributed by atoms with Crippen LogP contribution in [0.5, 0.6) is 0 Å². The molecule has 0 unspecified atom stereocenters. The average molecular weight is 280 g/mol. The molecular weight excluding hydrogens is 264 g/mol. The Labute approximate surface area is 112 Å². The summed E-state index contributed by atoms with van der Waals surface area (Å²) in [7, 11) is -3.42. The summed E-state index contributed by atoms with van der Waals surface area (Å²) in [4.78, 5) is 7.88. The number of rotatable bonds is 2. The van der Waals surface area contributed by atoms with Crippen molar-refractivity contribution in [2.75, 3.05) is 6.26 Å². The second-order valence-corrected chi connectivity index (χ2v) is 7.31. The van der Waals surface area contributed by atoms with Gasteiger partial charge in [-0.2, -0.15) is 5.10 Å². The van der Waals surface area contributed by atoms with E-state index in [-0.39, 0.29) is 10.6 Å². The second-order valence-electron chi connectivity index (χ2n) is 5.41. The van der Waals surface area contributed by atoms with Crippen LogP contribution in [-0.4, -0.2) is 34.8 Å². The Morgan fingerprint density at radius 3 is 2.53 bits per heavy atom. The highest BCUT2D eigenvalue weighted by molar-refractivity contribution is 7.90. The fraction of sp³-hybridized carbons (Fsp3) is 0.417. The molecule has 0 aromatic carbocycles. The second kappa shape index (κ2) is 4.41. The third kappa shape index (κ3) is 2.81. The van der Waals surface area contributed by atoms with Crippen molar-refractivity contribution in [3.8, 4) is 11.3 Å². The molecule has 0 saturated carbocycles. The van der Waals surface area contributed by atoms with Crippen molar-refractivity contribution in [2.45, 2.75) is 31.3 Å². The van der Waals surface area contributed by atoms with Crippen LogP contribution in [0.3, 0.4) is 0 Å². The highest BCUT2D eigenvalue weighted by atomic mass is 32.2. The van der Waals surface area contributed by atoms with Crippen LogP contribution >= 0.6 is 0 Å². The topological polar surface area (TPSA) is 88.6 Å². The van der Waals surface area contributed by atoms with Gasteiger partial charge in [0.15, 0.2) is 0 Å². The Hall–Kier alpha value is -1.76. The lowest BCUT2D eigenvalue weighted by Gasteiger charge is -2.18. The predicted octanol–water partition coefficient (Wildman–Crippen LogP) is 1.57. The van der Waals surface area contributed by atoms with Crippen LogP contribution in [-0.2, 0) is 15.3 Å². The van der Waals surface area contributed by atoms with Crippen molar-refractivity contribution in [1.29, 1.82) is 0 Å². The zero-order valence-corrected chi connectivity index (χ0v) is 12.1. The van der Waals surface area contributed by atoms with Crippen molar-refractivity contribution in [3.63, 3.8) is 0 Å². The molecule has 0 amide bonds. The largest absolute Gasteiger partial charge is 0.281 e. The van der Waals surface area contributed by atoms with Gasteiger partial charge in [-0.1, -0.05) is 20.8 Å². The van der Waals surface area contributed by atoms with E-state index in [0.717, 1.165) is 17.5 Å². The van der Waals surface area contributed by atoms with Crippen LogP contribution in [0, 0.1) is 0 Å². The molecule has 2 aromatic heterocycles. The smallest absolute Gasteiger partial charge is 0.247 e. The van der Waals surface area contributed by atoms with Crippen LogP contribution in [0.2, 0.25) is 0 Å². The molecule has 0 saturated heterocycles. The number of sulfone groups is 1. The average Bonchev–Trinajstić information content (AvgIpc) is 2.76. The molecule has 0 aliphatic rings. The highest BCUT2D eigenvalue weighted by Gasteiger charge is 2.22. The molecule has 7 heteroatoms. The van der Waals surface area contributed by atoms with E-state index in [9.17, 15) is 8.42 Å². The third-order valence-corrected chi connectivity index (χ3v) is 3.49. The third-order valence-electron chi connectivity index (χ3n) is 2.63. The van der Waals surface area contributed by atoms with Crippen molar-refractivity contribution < 1.29 is 8.42 Å². The van der Waals surface area contributed by atoms with Gasteiger partial charge in [0.2, 0.25) is 15.0 Å². The highest BCUT2D eigenvalue weighted by Crippen LogP contribution is 2.29. The maximum atomic E-state index is 11.5. The molecule has 0 bridgehead atoms. The molecule has 6 nitrogen and oxygen atoms in total. The van der Waals surface area contributed by atoms with Gasteiger partial charge < -0.3 is 0 Å². The molecule has 2 heterocycles. The minimum absolute atomic E-state index is 0.137. The first kappa shape index (κ1) is 13.7. The zero-order chi connectivity index (χ0) is 14.3. The number of nitrogens with one attached hydrogen (secondary N) is 1. The Kier molecular flexibility index (Phi) is 3.17. The number of H-pyrrole nitrogens is 1. The number of hydrogen-bond donors (Lipinski definition) is 1. The number of aromatic amines is 1. The van der Waals surface area contributed by atoms with Gasteiger partial charge in [-0.15, -0.1) is 0 Å². The number of hydrogen-bond acceptors (Lipinski definition) is 5. The standard InChI is InChI=1S/C12H16N4O2S/c1-12(2,3)10-8(7-14-16-10)9-5-6-13-11(15-9)19(4,17)18/h5-7H,1-4H3,(H,14,16). The minimum Gasteiger partial charge on any atom is -0.281 e. The summed E-state index contributed by atoms with van der Waals surface area (Å²) < 4.78 is 23.0. The molecule has 0 aliphatic carbocycles. The molecule has 0 spiro atoms. The molecule has 2 rings (SSSR count). The fourth-order valence-corrected chi connectivity index (χ4v) is 2.24. The van der Waals surface area contributed by atoms with Crippen molar-refractivity contribution >= 4 is 9.84 Å². The summed E-state index contributed by atoms with van der Waals surface area (Å²) in [6.07, 6.45) is 4.18. The normalized spacial score (nSPS) is 12.6. The van der Waals surface area contributed by atoms with Crippen LogP contribution in [0.15, 0.2) is 23.6 Å². The lowest BCUT2D eigenvalue weighted by molar-refractivity contribution is 0.568. The van der Waals surface area contributed by atoms with Crippen molar-refractivity contribution in [3.05, 3.63) is 24.2 Å². The SMILES string of the molecule is CC(C)(C)c1[nH]ncc1-c1ccnc(S(C)(=O)=O)n1.